The van der Waals surface area contributed by atoms with E-state index in [1.165, 1.54) is 16.7 Å². The average Bonchev–Trinajstić information content (AvgIpc) is 3.14. The number of anilines is 1. The lowest BCUT2D eigenvalue weighted by Gasteiger charge is -2.15. The predicted octanol–water partition coefficient (Wildman–Crippen LogP) is 7.78. The Morgan fingerprint density at radius 2 is 1.64 bits per heavy atom. The number of nitrogens with zero attached hydrogens (tertiary/aromatic N) is 1. The molecule has 0 bridgehead atoms. The van der Waals surface area contributed by atoms with Gasteiger partial charge in [0.2, 0.25) is 0 Å². The first-order valence-corrected chi connectivity index (χ1v) is 13.2. The van der Waals surface area contributed by atoms with Gasteiger partial charge in [0.1, 0.15) is 12.4 Å². The Bertz CT molecular complexity index is 1310. The smallest absolute Gasteiger partial charge is 0.270 e. The molecule has 3 aromatic carbocycles. The number of benzene rings is 3. The van der Waals surface area contributed by atoms with Crippen LogP contribution in [0.4, 0.5) is 5.69 Å². The normalized spacial score (nSPS) is 14.4. The number of thiocarbonyl (C=S) groups is 1. The Kier molecular flexibility index (Phi) is 8.80. The number of ether oxygens (including phenoxy) is 3. The van der Waals surface area contributed by atoms with Crippen molar-refractivity contribution in [2.75, 3.05) is 18.1 Å². The van der Waals surface area contributed by atoms with Crippen molar-refractivity contribution >= 4 is 69.2 Å². The van der Waals surface area contributed by atoms with E-state index in [0.717, 1.165) is 16.9 Å². The van der Waals surface area contributed by atoms with Crippen LogP contribution in [0.1, 0.15) is 25.0 Å². The van der Waals surface area contributed by atoms with Crippen LogP contribution in [0.2, 0.25) is 10.0 Å². The lowest BCUT2D eigenvalue weighted by Crippen LogP contribution is -2.27. The number of halogens is 2. The fraction of sp³-hybridized carbons (Fsp3) is 0.185. The van der Waals surface area contributed by atoms with E-state index < -0.39 is 0 Å². The molecule has 0 spiro atoms. The Morgan fingerprint density at radius 3 is 2.33 bits per heavy atom. The number of thioether (sulfide) groups is 1. The van der Waals surface area contributed by atoms with Crippen molar-refractivity contribution in [3.05, 3.63) is 86.7 Å². The molecular weight excluding hydrogens is 537 g/mol. The third kappa shape index (κ3) is 6.16. The molecule has 0 saturated carbocycles. The highest BCUT2D eigenvalue weighted by molar-refractivity contribution is 8.27. The fourth-order valence-electron chi connectivity index (χ4n) is 3.49. The summed E-state index contributed by atoms with van der Waals surface area (Å²) in [5.41, 5.74) is 2.38. The molecule has 0 atom stereocenters. The second kappa shape index (κ2) is 12.0. The van der Waals surface area contributed by atoms with Gasteiger partial charge in [-0.1, -0.05) is 59.3 Å². The van der Waals surface area contributed by atoms with Crippen molar-refractivity contribution < 1.29 is 19.0 Å². The standard InChI is InChI=1S/C27H23Cl2NO4S2/c1-3-32-20-9-7-19(8-10-20)30-26(31)25(36-27(30)35)15-17-6-12-23(24(14-17)33-4-2)34-16-18-5-11-21(28)22(29)13-18/h5-15H,3-4,16H2,1-2H3/b25-15+. The van der Waals surface area contributed by atoms with Crippen molar-refractivity contribution in [2.45, 2.75) is 20.5 Å². The van der Waals surface area contributed by atoms with Crippen LogP contribution in [0, 0.1) is 0 Å². The molecule has 36 heavy (non-hydrogen) atoms. The molecule has 186 valence electrons. The second-order valence-corrected chi connectivity index (χ2v) is 10.1. The van der Waals surface area contributed by atoms with E-state index in [2.05, 4.69) is 0 Å². The van der Waals surface area contributed by atoms with E-state index >= 15 is 0 Å². The van der Waals surface area contributed by atoms with Gasteiger partial charge in [0.15, 0.2) is 15.8 Å². The molecule has 0 aliphatic carbocycles. The number of carbonyl (C=O) groups is 1. The zero-order valence-corrected chi connectivity index (χ0v) is 22.8. The Labute approximate surface area is 229 Å². The van der Waals surface area contributed by atoms with E-state index in [9.17, 15) is 4.79 Å². The quantitative estimate of drug-likeness (QED) is 0.197. The van der Waals surface area contributed by atoms with Gasteiger partial charge in [-0.05, 0) is 79.6 Å². The van der Waals surface area contributed by atoms with E-state index in [1.54, 1.807) is 18.2 Å². The molecule has 5 nitrogen and oxygen atoms in total. The summed E-state index contributed by atoms with van der Waals surface area (Å²) in [5, 5.41) is 0.966. The molecule has 1 saturated heterocycles. The molecule has 0 unspecified atom stereocenters. The summed E-state index contributed by atoms with van der Waals surface area (Å²) in [7, 11) is 0. The number of amides is 1. The van der Waals surface area contributed by atoms with Crippen LogP contribution in [0.15, 0.2) is 65.6 Å². The maximum absolute atomic E-state index is 13.2. The van der Waals surface area contributed by atoms with Crippen molar-refractivity contribution in [1.29, 1.82) is 0 Å². The third-order valence-electron chi connectivity index (χ3n) is 5.14. The Morgan fingerprint density at radius 1 is 0.889 bits per heavy atom. The number of carbonyl (C=O) groups excluding carboxylic acids is 1. The van der Waals surface area contributed by atoms with Gasteiger partial charge >= 0.3 is 0 Å². The highest BCUT2D eigenvalue weighted by atomic mass is 35.5. The van der Waals surface area contributed by atoms with Gasteiger partial charge < -0.3 is 14.2 Å². The van der Waals surface area contributed by atoms with E-state index in [0.29, 0.717) is 56.3 Å². The highest BCUT2D eigenvalue weighted by Crippen LogP contribution is 2.38. The van der Waals surface area contributed by atoms with Crippen LogP contribution >= 0.6 is 47.2 Å². The number of hydrogen-bond donors (Lipinski definition) is 0. The molecule has 1 fully saturated rings. The molecule has 1 aliphatic rings. The zero-order valence-electron chi connectivity index (χ0n) is 19.6. The van der Waals surface area contributed by atoms with Crippen molar-refractivity contribution in [1.82, 2.24) is 0 Å². The van der Waals surface area contributed by atoms with Crippen molar-refractivity contribution in [2.24, 2.45) is 0 Å². The summed E-state index contributed by atoms with van der Waals surface area (Å²) in [6, 6.07) is 18.2. The summed E-state index contributed by atoms with van der Waals surface area (Å²) in [4.78, 5) is 15.2. The van der Waals surface area contributed by atoms with Gasteiger partial charge in [-0.3, -0.25) is 9.69 Å². The van der Waals surface area contributed by atoms with Crippen molar-refractivity contribution in [3.8, 4) is 17.2 Å². The summed E-state index contributed by atoms with van der Waals surface area (Å²) < 4.78 is 17.7. The van der Waals surface area contributed by atoms with E-state index in [4.69, 9.17) is 49.6 Å². The van der Waals surface area contributed by atoms with Gasteiger partial charge in [0.05, 0.1) is 33.9 Å². The second-order valence-electron chi connectivity index (χ2n) is 7.62. The molecule has 3 aromatic rings. The van der Waals surface area contributed by atoms with Gasteiger partial charge in [0.25, 0.3) is 5.91 Å². The van der Waals surface area contributed by atoms with Crippen LogP contribution in [-0.4, -0.2) is 23.4 Å². The highest BCUT2D eigenvalue weighted by Gasteiger charge is 2.33. The lowest BCUT2D eigenvalue weighted by atomic mass is 10.1. The minimum atomic E-state index is -0.174. The monoisotopic (exact) mass is 559 g/mol. The number of hydrogen-bond acceptors (Lipinski definition) is 6. The van der Waals surface area contributed by atoms with Crippen molar-refractivity contribution in [3.63, 3.8) is 0 Å². The summed E-state index contributed by atoms with van der Waals surface area (Å²) in [6.07, 6.45) is 1.80. The zero-order chi connectivity index (χ0) is 25.7. The van der Waals surface area contributed by atoms with Gasteiger partial charge in [-0.25, -0.2) is 0 Å². The molecule has 0 aromatic heterocycles. The summed E-state index contributed by atoms with van der Waals surface area (Å²) in [6.45, 7) is 5.17. The first kappa shape index (κ1) is 26.4. The molecule has 1 heterocycles. The average molecular weight is 561 g/mol. The molecule has 1 aliphatic heterocycles. The Hall–Kier alpha value is -2.71. The molecule has 9 heteroatoms. The SMILES string of the molecule is CCOc1ccc(N2C(=O)/C(=C\c3ccc(OCc4ccc(Cl)c(Cl)c4)c(OCC)c3)SC2=S)cc1. The minimum absolute atomic E-state index is 0.174. The molecule has 1 amide bonds. The van der Waals surface area contributed by atoms with Crippen LogP contribution in [0.25, 0.3) is 6.08 Å². The predicted molar refractivity (Wildman–Crippen MR) is 152 cm³/mol. The molecule has 0 N–H and O–H groups in total. The third-order valence-corrected chi connectivity index (χ3v) is 7.18. The van der Waals surface area contributed by atoms with Gasteiger partial charge in [-0.15, -0.1) is 0 Å². The Balaban J connectivity index is 1.52. The van der Waals surface area contributed by atoms with Crippen LogP contribution in [0.3, 0.4) is 0 Å². The molecular formula is C27H23Cl2NO4S2. The first-order chi connectivity index (χ1) is 17.4. The van der Waals surface area contributed by atoms with E-state index in [1.807, 2.05) is 62.4 Å². The van der Waals surface area contributed by atoms with Gasteiger partial charge in [-0.2, -0.15) is 0 Å². The number of rotatable bonds is 9. The maximum atomic E-state index is 13.2. The first-order valence-electron chi connectivity index (χ1n) is 11.2. The van der Waals surface area contributed by atoms with E-state index in [-0.39, 0.29) is 5.91 Å². The maximum Gasteiger partial charge on any atom is 0.270 e. The van der Waals surface area contributed by atoms with Crippen LogP contribution < -0.4 is 19.1 Å². The van der Waals surface area contributed by atoms with Crippen LogP contribution in [-0.2, 0) is 11.4 Å². The molecule has 0 radical (unpaired) electrons. The summed E-state index contributed by atoms with van der Waals surface area (Å²) in [5.74, 6) is 1.73. The topological polar surface area (TPSA) is 48.0 Å². The lowest BCUT2D eigenvalue weighted by molar-refractivity contribution is -0.113. The minimum Gasteiger partial charge on any atom is -0.494 e. The summed E-state index contributed by atoms with van der Waals surface area (Å²) >= 11 is 18.9. The largest absolute Gasteiger partial charge is 0.494 e. The fourth-order valence-corrected chi connectivity index (χ4v) is 5.11. The molecule has 4 rings (SSSR count). The van der Waals surface area contributed by atoms with Gasteiger partial charge in [0, 0.05) is 0 Å². The van der Waals surface area contributed by atoms with Crippen LogP contribution in [0.5, 0.6) is 17.2 Å².